The second-order valence-corrected chi connectivity index (χ2v) is 3.87. The number of hydrogen-bond donors (Lipinski definition) is 0. The maximum absolute atomic E-state index is 11.4. The molecule has 0 N–H and O–H groups in total. The first-order chi connectivity index (χ1) is 6.60. The van der Waals surface area contributed by atoms with Crippen LogP contribution in [0.25, 0.3) is 0 Å². The van der Waals surface area contributed by atoms with E-state index in [9.17, 15) is 4.79 Å². The van der Waals surface area contributed by atoms with Gasteiger partial charge in [-0.2, -0.15) is 0 Å². The molecule has 0 heterocycles. The molecule has 0 saturated carbocycles. The van der Waals surface area contributed by atoms with Crippen LogP contribution in [0.15, 0.2) is 12.1 Å². The van der Waals surface area contributed by atoms with E-state index in [4.69, 9.17) is 11.6 Å². The topological polar surface area (TPSA) is 26.3 Å². The lowest BCUT2D eigenvalue weighted by molar-refractivity contribution is 0.0599. The van der Waals surface area contributed by atoms with Crippen LogP contribution in [0.4, 0.5) is 0 Å². The first kappa shape index (κ1) is 11.5. The zero-order chi connectivity index (χ0) is 10.7. The molecule has 0 bridgehead atoms. The van der Waals surface area contributed by atoms with Gasteiger partial charge in [-0.15, -0.1) is 0 Å². The van der Waals surface area contributed by atoms with Crippen LogP contribution in [0, 0.1) is 6.92 Å². The molecule has 4 heteroatoms. The minimum Gasteiger partial charge on any atom is -0.465 e. The summed E-state index contributed by atoms with van der Waals surface area (Å²) < 4.78 is 4.67. The third-order valence-corrected chi connectivity index (χ3v) is 2.76. The quantitative estimate of drug-likeness (QED) is 0.612. The minimum absolute atomic E-state index is 0.356. The third-order valence-electron chi connectivity index (χ3n) is 1.98. The molecule has 0 aliphatic rings. The van der Waals surface area contributed by atoms with E-state index in [1.807, 2.05) is 13.0 Å². The number of hydrogen-bond acceptors (Lipinski definition) is 2. The van der Waals surface area contributed by atoms with Crippen molar-refractivity contribution in [2.75, 3.05) is 7.11 Å². The Morgan fingerprint density at radius 1 is 1.57 bits per heavy atom. The fourth-order valence-corrected chi connectivity index (χ4v) is 2.26. The number of methoxy groups -OCH3 is 1. The van der Waals surface area contributed by atoms with E-state index in [1.54, 1.807) is 6.07 Å². The lowest BCUT2D eigenvalue weighted by atomic mass is 10.0. The lowest BCUT2D eigenvalue weighted by Gasteiger charge is -2.09. The molecule has 0 aliphatic heterocycles. The number of ether oxygens (including phenoxy) is 1. The van der Waals surface area contributed by atoms with Crippen molar-refractivity contribution in [1.29, 1.82) is 0 Å². The summed E-state index contributed by atoms with van der Waals surface area (Å²) in [6.45, 7) is 1.91. The number of halogens is 2. The Balaban J connectivity index is 3.32. The van der Waals surface area contributed by atoms with Crippen LogP contribution < -0.4 is 0 Å². The van der Waals surface area contributed by atoms with Crippen molar-refractivity contribution in [1.82, 2.24) is 0 Å². The van der Waals surface area contributed by atoms with Crippen molar-refractivity contribution in [3.05, 3.63) is 33.8 Å². The first-order valence-electron chi connectivity index (χ1n) is 4.03. The van der Waals surface area contributed by atoms with Crippen LogP contribution in [-0.2, 0) is 10.1 Å². The van der Waals surface area contributed by atoms with Gasteiger partial charge in [-0.25, -0.2) is 4.79 Å². The van der Waals surface area contributed by atoms with Crippen molar-refractivity contribution < 1.29 is 9.53 Å². The highest BCUT2D eigenvalue weighted by Crippen LogP contribution is 2.23. The van der Waals surface area contributed by atoms with Gasteiger partial charge in [-0.1, -0.05) is 27.5 Å². The highest BCUT2D eigenvalue weighted by molar-refractivity contribution is 9.08. The number of benzene rings is 1. The summed E-state index contributed by atoms with van der Waals surface area (Å²) in [4.78, 5) is 11.4. The third kappa shape index (κ3) is 2.28. The molecule has 0 radical (unpaired) electrons. The largest absolute Gasteiger partial charge is 0.465 e. The number of alkyl halides is 1. The van der Waals surface area contributed by atoms with Crippen LogP contribution in [0.1, 0.15) is 21.5 Å². The Bertz CT molecular complexity index is 363. The second kappa shape index (κ2) is 4.80. The fourth-order valence-electron chi connectivity index (χ4n) is 1.24. The number of esters is 1. The van der Waals surface area contributed by atoms with Crippen LogP contribution in [0.2, 0.25) is 5.02 Å². The average Bonchev–Trinajstić information content (AvgIpc) is 2.15. The summed E-state index contributed by atoms with van der Waals surface area (Å²) in [5, 5.41) is 1.16. The van der Waals surface area contributed by atoms with Crippen molar-refractivity contribution in [3.63, 3.8) is 0 Å². The van der Waals surface area contributed by atoms with Gasteiger partial charge in [0.25, 0.3) is 0 Å². The molecule has 2 nitrogen and oxygen atoms in total. The Morgan fingerprint density at radius 3 is 2.71 bits per heavy atom. The lowest BCUT2D eigenvalue weighted by Crippen LogP contribution is -2.06. The molecule has 0 amide bonds. The van der Waals surface area contributed by atoms with Crippen molar-refractivity contribution in [2.24, 2.45) is 0 Å². The van der Waals surface area contributed by atoms with E-state index in [0.29, 0.717) is 15.9 Å². The molecule has 0 fully saturated rings. The molecule has 14 heavy (non-hydrogen) atoms. The summed E-state index contributed by atoms with van der Waals surface area (Å²) in [5.74, 6) is -0.356. The highest BCUT2D eigenvalue weighted by atomic mass is 79.9. The van der Waals surface area contributed by atoms with Gasteiger partial charge in [0.15, 0.2) is 0 Å². The Hall–Kier alpha value is -0.540. The summed E-state index contributed by atoms with van der Waals surface area (Å²) in [7, 11) is 1.36. The number of aryl methyl sites for hydroxylation is 1. The zero-order valence-corrected chi connectivity index (χ0v) is 10.3. The predicted octanol–water partition coefficient (Wildman–Crippen LogP) is 3.33. The van der Waals surface area contributed by atoms with Gasteiger partial charge < -0.3 is 4.74 Å². The van der Waals surface area contributed by atoms with Crippen LogP contribution in [-0.4, -0.2) is 13.1 Å². The molecular weight excluding hydrogens is 267 g/mol. The standard InChI is InChI=1S/C10H10BrClO2/c1-6-3-7(12)4-8(9(6)5-11)10(13)14-2/h3-4H,5H2,1-2H3. The molecule has 0 aliphatic carbocycles. The summed E-state index contributed by atoms with van der Waals surface area (Å²) in [6.07, 6.45) is 0. The van der Waals surface area contributed by atoms with Crippen molar-refractivity contribution in [2.45, 2.75) is 12.3 Å². The van der Waals surface area contributed by atoms with Crippen molar-refractivity contribution in [3.8, 4) is 0 Å². The van der Waals surface area contributed by atoms with Gasteiger partial charge in [0.05, 0.1) is 12.7 Å². The van der Waals surface area contributed by atoms with Gasteiger partial charge >= 0.3 is 5.97 Å². The molecule has 0 saturated heterocycles. The first-order valence-corrected chi connectivity index (χ1v) is 5.53. The van der Waals surface area contributed by atoms with E-state index in [1.165, 1.54) is 7.11 Å². The molecule has 0 aromatic heterocycles. The van der Waals surface area contributed by atoms with E-state index in [0.717, 1.165) is 11.1 Å². The van der Waals surface area contributed by atoms with E-state index in [-0.39, 0.29) is 5.97 Å². The van der Waals surface area contributed by atoms with Crippen LogP contribution in [0.5, 0.6) is 0 Å². The minimum atomic E-state index is -0.356. The molecule has 1 rings (SSSR count). The Kier molecular flexibility index (Phi) is 3.96. The summed E-state index contributed by atoms with van der Waals surface area (Å²) in [6, 6.07) is 3.45. The average molecular weight is 278 g/mol. The molecule has 76 valence electrons. The number of carbonyl (C=O) groups is 1. The molecule has 0 unspecified atom stereocenters. The number of carbonyl (C=O) groups excluding carboxylic acids is 1. The van der Waals surface area contributed by atoms with Gasteiger partial charge in [0, 0.05) is 10.4 Å². The van der Waals surface area contributed by atoms with Gasteiger partial charge in [-0.05, 0) is 30.2 Å². The molecular formula is C10H10BrClO2. The zero-order valence-electron chi connectivity index (χ0n) is 7.93. The summed E-state index contributed by atoms with van der Waals surface area (Å²) >= 11 is 9.19. The highest BCUT2D eigenvalue weighted by Gasteiger charge is 2.13. The molecule has 1 aromatic rings. The second-order valence-electron chi connectivity index (χ2n) is 2.87. The van der Waals surface area contributed by atoms with Crippen LogP contribution >= 0.6 is 27.5 Å². The summed E-state index contributed by atoms with van der Waals surface area (Å²) in [5.41, 5.74) is 2.42. The SMILES string of the molecule is COC(=O)c1cc(Cl)cc(C)c1CBr. The normalized spacial score (nSPS) is 10.0. The molecule has 1 aromatic carbocycles. The van der Waals surface area contributed by atoms with E-state index >= 15 is 0 Å². The van der Waals surface area contributed by atoms with Gasteiger partial charge in [-0.3, -0.25) is 0 Å². The van der Waals surface area contributed by atoms with E-state index in [2.05, 4.69) is 20.7 Å². The van der Waals surface area contributed by atoms with Crippen LogP contribution in [0.3, 0.4) is 0 Å². The molecule has 0 spiro atoms. The number of rotatable bonds is 2. The van der Waals surface area contributed by atoms with Gasteiger partial charge in [0.2, 0.25) is 0 Å². The molecule has 0 atom stereocenters. The van der Waals surface area contributed by atoms with Gasteiger partial charge in [0.1, 0.15) is 0 Å². The maximum atomic E-state index is 11.4. The predicted molar refractivity (Wildman–Crippen MR) is 60.2 cm³/mol. The monoisotopic (exact) mass is 276 g/mol. The fraction of sp³-hybridized carbons (Fsp3) is 0.300. The maximum Gasteiger partial charge on any atom is 0.338 e. The van der Waals surface area contributed by atoms with Crippen molar-refractivity contribution >= 4 is 33.5 Å². The smallest absolute Gasteiger partial charge is 0.338 e. The Labute approximate surface area is 96.3 Å². The Morgan fingerprint density at radius 2 is 2.21 bits per heavy atom. The van der Waals surface area contributed by atoms with E-state index < -0.39 is 0 Å².